The Labute approximate surface area is 197 Å². The van der Waals surface area contributed by atoms with Gasteiger partial charge in [0.2, 0.25) is 0 Å². The van der Waals surface area contributed by atoms with E-state index in [1.54, 1.807) is 11.3 Å². The Morgan fingerprint density at radius 1 is 1.12 bits per heavy atom. The Kier molecular flexibility index (Phi) is 6.10. The maximum Gasteiger partial charge on any atom is 0.306 e. The van der Waals surface area contributed by atoms with Gasteiger partial charge in [-0.3, -0.25) is 4.79 Å². The molecule has 2 aliphatic rings. The third-order valence-electron chi connectivity index (χ3n) is 6.80. The lowest BCUT2D eigenvalue weighted by atomic mass is 9.81. The fourth-order valence-electron chi connectivity index (χ4n) is 4.74. The van der Waals surface area contributed by atoms with Crippen molar-refractivity contribution in [1.82, 2.24) is 9.97 Å². The van der Waals surface area contributed by atoms with Gasteiger partial charge in [-0.25, -0.2) is 9.97 Å². The molecule has 1 aromatic carbocycles. The normalized spacial score (nSPS) is 20.1. The molecule has 7 nitrogen and oxygen atoms in total. The van der Waals surface area contributed by atoms with E-state index in [4.69, 9.17) is 19.4 Å². The van der Waals surface area contributed by atoms with E-state index in [0.29, 0.717) is 26.1 Å². The Bertz CT molecular complexity index is 1180. The second-order valence-electron chi connectivity index (χ2n) is 8.94. The monoisotopic (exact) mass is 467 g/mol. The van der Waals surface area contributed by atoms with E-state index in [2.05, 4.69) is 31.3 Å². The van der Waals surface area contributed by atoms with E-state index >= 15 is 0 Å². The molecule has 1 aliphatic carbocycles. The first-order valence-electron chi connectivity index (χ1n) is 11.6. The molecular weight excluding hydrogens is 438 g/mol. The van der Waals surface area contributed by atoms with Crippen LogP contribution in [-0.4, -0.2) is 40.8 Å². The van der Waals surface area contributed by atoms with Gasteiger partial charge < -0.3 is 19.9 Å². The van der Waals surface area contributed by atoms with E-state index in [9.17, 15) is 9.90 Å². The number of hydrogen-bond acceptors (Lipinski definition) is 7. The number of nitrogens with one attached hydrogen (secondary N) is 1. The number of rotatable bonds is 6. The second kappa shape index (κ2) is 9.17. The van der Waals surface area contributed by atoms with Crippen molar-refractivity contribution in [3.63, 3.8) is 0 Å². The average molecular weight is 468 g/mol. The summed E-state index contributed by atoms with van der Waals surface area (Å²) in [6, 6.07) is 6.11. The van der Waals surface area contributed by atoms with Crippen molar-refractivity contribution in [3.05, 3.63) is 40.0 Å². The number of anilines is 1. The summed E-state index contributed by atoms with van der Waals surface area (Å²) in [5.41, 5.74) is 2.40. The Morgan fingerprint density at radius 2 is 1.88 bits per heavy atom. The number of hydrogen-bond donors (Lipinski definition) is 2. The molecule has 1 saturated carbocycles. The van der Waals surface area contributed by atoms with Crippen molar-refractivity contribution >= 4 is 33.3 Å². The first kappa shape index (κ1) is 21.9. The number of carboxylic acids is 1. The summed E-state index contributed by atoms with van der Waals surface area (Å²) in [5.74, 6) is 2.64. The molecule has 2 aromatic heterocycles. The molecule has 33 heavy (non-hydrogen) atoms. The molecule has 8 heteroatoms. The number of thiophene rings is 1. The van der Waals surface area contributed by atoms with E-state index in [-0.39, 0.29) is 11.8 Å². The van der Waals surface area contributed by atoms with Gasteiger partial charge >= 0.3 is 5.97 Å². The largest absolute Gasteiger partial charge is 0.486 e. The smallest absolute Gasteiger partial charge is 0.306 e. The number of fused-ring (bicyclic) bond motifs is 2. The van der Waals surface area contributed by atoms with Gasteiger partial charge in [0.25, 0.3) is 0 Å². The van der Waals surface area contributed by atoms with Gasteiger partial charge in [0.15, 0.2) is 11.5 Å². The molecule has 2 N–H and O–H groups in total. The number of aryl methyl sites for hydroxylation is 2. The van der Waals surface area contributed by atoms with Crippen molar-refractivity contribution in [2.75, 3.05) is 25.1 Å². The number of carboxylic acid groups (broad SMARTS) is 1. The fourth-order valence-corrected chi connectivity index (χ4v) is 5.78. The van der Waals surface area contributed by atoms with Crippen LogP contribution in [0.25, 0.3) is 10.2 Å². The van der Waals surface area contributed by atoms with Crippen LogP contribution in [0.1, 0.15) is 53.4 Å². The molecule has 0 spiro atoms. The Balaban J connectivity index is 1.35. The average Bonchev–Trinajstić information content (AvgIpc) is 3.12. The molecule has 0 bridgehead atoms. The van der Waals surface area contributed by atoms with Crippen molar-refractivity contribution in [3.8, 4) is 11.5 Å². The van der Waals surface area contributed by atoms with Gasteiger partial charge in [0.05, 0.1) is 11.3 Å². The predicted molar refractivity (Wildman–Crippen MR) is 129 cm³/mol. The fraction of sp³-hybridized carbons (Fsp3) is 0.480. The minimum atomic E-state index is -0.684. The van der Waals surface area contributed by atoms with E-state index < -0.39 is 5.97 Å². The van der Waals surface area contributed by atoms with Crippen LogP contribution < -0.4 is 14.8 Å². The maximum atomic E-state index is 11.3. The molecule has 3 heterocycles. The summed E-state index contributed by atoms with van der Waals surface area (Å²) >= 11 is 1.71. The first-order chi connectivity index (χ1) is 16.0. The zero-order valence-electron chi connectivity index (χ0n) is 19.0. The first-order valence-corrected chi connectivity index (χ1v) is 12.4. The van der Waals surface area contributed by atoms with Gasteiger partial charge in [-0.05, 0) is 69.2 Å². The highest BCUT2D eigenvalue weighted by atomic mass is 32.1. The van der Waals surface area contributed by atoms with Crippen LogP contribution in [0.2, 0.25) is 0 Å². The summed E-state index contributed by atoms with van der Waals surface area (Å²) in [6.45, 7) is 6.17. The molecule has 3 aromatic rings. The SMILES string of the molecule is Cc1sc2nc(C3CCC(C(=O)O)CC3)nc(NCCc3ccc4c(c3)OCCO4)c2c1C. The van der Waals surface area contributed by atoms with Crippen LogP contribution in [-0.2, 0) is 11.2 Å². The quantitative estimate of drug-likeness (QED) is 0.521. The summed E-state index contributed by atoms with van der Waals surface area (Å²) in [5, 5.41) is 14.0. The Hall–Kier alpha value is -2.87. The van der Waals surface area contributed by atoms with E-state index in [1.807, 2.05) is 6.07 Å². The van der Waals surface area contributed by atoms with Gasteiger partial charge in [-0.2, -0.15) is 0 Å². The number of aliphatic carboxylic acids is 1. The third kappa shape index (κ3) is 4.49. The van der Waals surface area contributed by atoms with Gasteiger partial charge in [-0.1, -0.05) is 6.07 Å². The number of ether oxygens (including phenoxy) is 2. The minimum Gasteiger partial charge on any atom is -0.486 e. The van der Waals surface area contributed by atoms with Crippen molar-refractivity contribution in [1.29, 1.82) is 0 Å². The summed E-state index contributed by atoms with van der Waals surface area (Å²) in [7, 11) is 0. The summed E-state index contributed by atoms with van der Waals surface area (Å²) < 4.78 is 11.3. The number of nitrogens with zero attached hydrogens (tertiary/aromatic N) is 2. The highest BCUT2D eigenvalue weighted by molar-refractivity contribution is 7.18. The molecule has 0 unspecified atom stereocenters. The highest BCUT2D eigenvalue weighted by Crippen LogP contribution is 2.39. The predicted octanol–water partition coefficient (Wildman–Crippen LogP) is 5.09. The lowest BCUT2D eigenvalue weighted by Crippen LogP contribution is -2.21. The van der Waals surface area contributed by atoms with E-state index in [1.165, 1.54) is 16.0 Å². The molecule has 174 valence electrons. The van der Waals surface area contributed by atoms with Gasteiger partial charge in [0.1, 0.15) is 29.7 Å². The molecule has 5 rings (SSSR count). The van der Waals surface area contributed by atoms with Crippen LogP contribution in [0.4, 0.5) is 5.82 Å². The molecule has 0 saturated heterocycles. The van der Waals surface area contributed by atoms with Crippen LogP contribution in [0.5, 0.6) is 11.5 Å². The maximum absolute atomic E-state index is 11.3. The lowest BCUT2D eigenvalue weighted by molar-refractivity contribution is -0.142. The lowest BCUT2D eigenvalue weighted by Gasteiger charge is -2.25. The zero-order valence-corrected chi connectivity index (χ0v) is 19.8. The number of carbonyl (C=O) groups is 1. The summed E-state index contributed by atoms with van der Waals surface area (Å²) in [4.78, 5) is 23.5. The third-order valence-corrected chi connectivity index (χ3v) is 7.90. The standard InChI is InChI=1S/C25H29N3O4S/c1-14-15(2)33-24-21(14)23(27-22(28-24)17-4-6-18(7-5-17)25(29)30)26-10-9-16-3-8-19-20(13-16)32-12-11-31-19/h3,8,13,17-18H,4-7,9-12H2,1-2H3,(H,29,30)(H,26,27,28). The van der Waals surface area contributed by atoms with Crippen molar-refractivity contribution < 1.29 is 19.4 Å². The molecule has 0 atom stereocenters. The van der Waals surface area contributed by atoms with Gasteiger partial charge in [0, 0.05) is 17.3 Å². The molecule has 0 amide bonds. The highest BCUT2D eigenvalue weighted by Gasteiger charge is 2.29. The van der Waals surface area contributed by atoms with Gasteiger partial charge in [-0.15, -0.1) is 11.3 Å². The minimum absolute atomic E-state index is 0.214. The molecular formula is C25H29N3O4S. The van der Waals surface area contributed by atoms with Crippen LogP contribution in [0, 0.1) is 19.8 Å². The van der Waals surface area contributed by atoms with Crippen molar-refractivity contribution in [2.45, 2.75) is 51.9 Å². The van der Waals surface area contributed by atoms with E-state index in [0.717, 1.165) is 59.2 Å². The summed E-state index contributed by atoms with van der Waals surface area (Å²) in [6.07, 6.45) is 3.86. The topological polar surface area (TPSA) is 93.6 Å². The molecule has 1 aliphatic heterocycles. The Morgan fingerprint density at radius 3 is 2.64 bits per heavy atom. The van der Waals surface area contributed by atoms with Crippen LogP contribution in [0.15, 0.2) is 18.2 Å². The van der Waals surface area contributed by atoms with Crippen LogP contribution in [0.3, 0.4) is 0 Å². The van der Waals surface area contributed by atoms with Crippen molar-refractivity contribution in [2.24, 2.45) is 5.92 Å². The number of aromatic nitrogens is 2. The van der Waals surface area contributed by atoms with Crippen LogP contribution >= 0.6 is 11.3 Å². The second-order valence-corrected chi connectivity index (χ2v) is 10.1. The number of benzene rings is 1. The molecule has 0 radical (unpaired) electrons. The zero-order chi connectivity index (χ0) is 22.9. The molecule has 1 fully saturated rings.